The van der Waals surface area contributed by atoms with Gasteiger partial charge in [0.2, 0.25) is 0 Å². The molecule has 0 aliphatic heterocycles. The van der Waals surface area contributed by atoms with Gasteiger partial charge in [-0.15, -0.1) is 0 Å². The van der Waals surface area contributed by atoms with Crippen LogP contribution >= 0.6 is 0 Å². The summed E-state index contributed by atoms with van der Waals surface area (Å²) < 4.78 is 23.6. The minimum atomic E-state index is -3.08. The van der Waals surface area contributed by atoms with Crippen LogP contribution in [0.25, 0.3) is 0 Å². The van der Waals surface area contributed by atoms with Crippen molar-refractivity contribution in [1.82, 2.24) is 4.98 Å². The van der Waals surface area contributed by atoms with E-state index >= 15 is 0 Å². The van der Waals surface area contributed by atoms with Gasteiger partial charge < -0.3 is 0 Å². The molecule has 1 aromatic rings. The Kier molecular flexibility index (Phi) is 2.54. The average Bonchev–Trinajstić information content (AvgIpc) is 2.13. The quantitative estimate of drug-likeness (QED) is 0.763. The molecule has 2 rings (SSSR count). The van der Waals surface area contributed by atoms with Gasteiger partial charge in [0.25, 0.3) is 0 Å². The van der Waals surface area contributed by atoms with Crippen LogP contribution in [0.5, 0.6) is 0 Å². The van der Waals surface area contributed by atoms with Gasteiger partial charge in [0.1, 0.15) is 0 Å². The van der Waals surface area contributed by atoms with Crippen molar-refractivity contribution in [1.29, 1.82) is 0 Å². The lowest BCUT2D eigenvalue weighted by molar-refractivity contribution is 0.347. The Morgan fingerprint density at radius 2 is 2.21 bits per heavy atom. The van der Waals surface area contributed by atoms with E-state index in [0.717, 1.165) is 12.8 Å². The third kappa shape index (κ3) is 1.95. The molecule has 1 heterocycles. The van der Waals surface area contributed by atoms with E-state index in [1.807, 2.05) is 0 Å². The largest absolute Gasteiger partial charge is 0.263 e. The zero-order valence-electron chi connectivity index (χ0n) is 7.89. The van der Waals surface area contributed by atoms with Crippen LogP contribution < -0.4 is 0 Å². The van der Waals surface area contributed by atoms with Crippen molar-refractivity contribution in [3.05, 3.63) is 24.5 Å². The third-order valence-corrected chi connectivity index (χ3v) is 4.54. The van der Waals surface area contributed by atoms with E-state index in [9.17, 15) is 8.42 Å². The molecule has 0 bridgehead atoms. The summed E-state index contributed by atoms with van der Waals surface area (Å²) in [6.07, 6.45) is 6.29. The van der Waals surface area contributed by atoms with E-state index < -0.39 is 9.84 Å². The first-order valence-electron chi connectivity index (χ1n) is 4.81. The zero-order valence-corrected chi connectivity index (χ0v) is 8.70. The fourth-order valence-corrected chi connectivity index (χ4v) is 3.25. The molecule has 0 unspecified atom stereocenters. The van der Waals surface area contributed by atoms with Crippen LogP contribution in [0.4, 0.5) is 0 Å². The normalized spacial score (nSPS) is 17.7. The Hall–Kier alpha value is -0.900. The SMILES string of the molecule is O=S(=O)(CC1CCC1)c1cccnc1. The minimum Gasteiger partial charge on any atom is -0.263 e. The predicted octanol–water partition coefficient (Wildman–Crippen LogP) is 1.66. The Labute approximate surface area is 84.1 Å². The summed E-state index contributed by atoms with van der Waals surface area (Å²) in [5.41, 5.74) is 0. The lowest BCUT2D eigenvalue weighted by Crippen LogP contribution is -2.22. The van der Waals surface area contributed by atoms with E-state index in [2.05, 4.69) is 4.98 Å². The number of hydrogen-bond donors (Lipinski definition) is 0. The Balaban J connectivity index is 2.15. The van der Waals surface area contributed by atoms with Crippen molar-refractivity contribution in [2.75, 3.05) is 5.75 Å². The van der Waals surface area contributed by atoms with Gasteiger partial charge in [0.15, 0.2) is 9.84 Å². The summed E-state index contributed by atoms with van der Waals surface area (Å²) in [5.74, 6) is 0.666. The molecule has 0 saturated heterocycles. The first-order valence-corrected chi connectivity index (χ1v) is 6.46. The van der Waals surface area contributed by atoms with Crippen molar-refractivity contribution >= 4 is 9.84 Å². The number of aromatic nitrogens is 1. The first kappa shape index (κ1) is 9.65. The molecule has 0 spiro atoms. The van der Waals surface area contributed by atoms with Crippen molar-refractivity contribution < 1.29 is 8.42 Å². The Bertz CT molecular complexity index is 395. The van der Waals surface area contributed by atoms with Gasteiger partial charge in [-0.25, -0.2) is 8.42 Å². The molecule has 0 aromatic carbocycles. The lowest BCUT2D eigenvalue weighted by Gasteiger charge is -2.24. The topological polar surface area (TPSA) is 47.0 Å². The van der Waals surface area contributed by atoms with E-state index in [4.69, 9.17) is 0 Å². The minimum absolute atomic E-state index is 0.290. The van der Waals surface area contributed by atoms with Crippen molar-refractivity contribution in [2.45, 2.75) is 24.2 Å². The van der Waals surface area contributed by atoms with Gasteiger partial charge in [0, 0.05) is 12.4 Å². The second-order valence-corrected chi connectivity index (χ2v) is 5.80. The zero-order chi connectivity index (χ0) is 10.0. The second kappa shape index (κ2) is 3.69. The molecule has 1 fully saturated rings. The molecule has 0 atom stereocenters. The van der Waals surface area contributed by atoms with Crippen LogP contribution in [-0.4, -0.2) is 19.2 Å². The molecule has 0 radical (unpaired) electrons. The van der Waals surface area contributed by atoms with Crippen LogP contribution in [0.1, 0.15) is 19.3 Å². The van der Waals surface area contributed by atoms with Crippen LogP contribution in [0, 0.1) is 5.92 Å². The summed E-state index contributed by atoms with van der Waals surface area (Å²) >= 11 is 0. The predicted molar refractivity (Wildman–Crippen MR) is 53.6 cm³/mol. The fourth-order valence-electron chi connectivity index (χ4n) is 1.60. The van der Waals surface area contributed by atoms with Crippen LogP contribution in [0.2, 0.25) is 0 Å². The average molecular weight is 211 g/mol. The Morgan fingerprint density at radius 1 is 1.43 bits per heavy atom. The smallest absolute Gasteiger partial charge is 0.180 e. The highest BCUT2D eigenvalue weighted by Crippen LogP contribution is 2.29. The standard InChI is InChI=1S/C10H13NO2S/c12-14(13,8-9-3-1-4-9)10-5-2-6-11-7-10/h2,5-7,9H,1,3-4,8H2. The second-order valence-electron chi connectivity index (χ2n) is 3.77. The Morgan fingerprint density at radius 3 is 2.71 bits per heavy atom. The summed E-state index contributed by atoms with van der Waals surface area (Å²) in [6, 6.07) is 3.27. The third-order valence-electron chi connectivity index (χ3n) is 2.67. The molecule has 1 aromatic heterocycles. The molecule has 3 nitrogen and oxygen atoms in total. The molecular formula is C10H13NO2S. The molecule has 0 amide bonds. The van der Waals surface area contributed by atoms with Gasteiger partial charge in [-0.3, -0.25) is 4.98 Å². The molecule has 0 N–H and O–H groups in total. The van der Waals surface area contributed by atoms with Gasteiger partial charge in [0.05, 0.1) is 10.6 Å². The van der Waals surface area contributed by atoms with Gasteiger partial charge >= 0.3 is 0 Å². The van der Waals surface area contributed by atoms with Crippen molar-refractivity contribution in [2.24, 2.45) is 5.92 Å². The van der Waals surface area contributed by atoms with Crippen LogP contribution in [0.15, 0.2) is 29.4 Å². The highest BCUT2D eigenvalue weighted by molar-refractivity contribution is 7.91. The van der Waals surface area contributed by atoms with Gasteiger partial charge in [-0.1, -0.05) is 6.42 Å². The molecule has 14 heavy (non-hydrogen) atoms. The van der Waals surface area contributed by atoms with E-state index in [0.29, 0.717) is 16.6 Å². The number of nitrogens with zero attached hydrogens (tertiary/aromatic N) is 1. The van der Waals surface area contributed by atoms with Gasteiger partial charge in [-0.2, -0.15) is 0 Å². The number of pyridine rings is 1. The number of sulfone groups is 1. The monoisotopic (exact) mass is 211 g/mol. The van der Waals surface area contributed by atoms with Crippen LogP contribution in [0.3, 0.4) is 0 Å². The fraction of sp³-hybridized carbons (Fsp3) is 0.500. The lowest BCUT2D eigenvalue weighted by atomic mass is 9.87. The van der Waals surface area contributed by atoms with Crippen molar-refractivity contribution in [3.8, 4) is 0 Å². The van der Waals surface area contributed by atoms with Crippen LogP contribution in [-0.2, 0) is 9.84 Å². The molecule has 1 aliphatic rings. The number of rotatable bonds is 3. The van der Waals surface area contributed by atoms with Crippen molar-refractivity contribution in [3.63, 3.8) is 0 Å². The maximum Gasteiger partial charge on any atom is 0.180 e. The van der Waals surface area contributed by atoms with Gasteiger partial charge in [-0.05, 0) is 30.9 Å². The van der Waals surface area contributed by atoms with E-state index in [1.165, 1.54) is 12.6 Å². The summed E-state index contributed by atoms with van der Waals surface area (Å²) in [4.78, 5) is 4.18. The summed E-state index contributed by atoms with van der Waals surface area (Å²) in [5, 5.41) is 0. The van der Waals surface area contributed by atoms with E-state index in [1.54, 1.807) is 18.3 Å². The molecule has 76 valence electrons. The number of hydrogen-bond acceptors (Lipinski definition) is 3. The summed E-state index contributed by atoms with van der Waals surface area (Å²) in [6.45, 7) is 0. The van der Waals surface area contributed by atoms with E-state index in [-0.39, 0.29) is 0 Å². The summed E-state index contributed by atoms with van der Waals surface area (Å²) in [7, 11) is -3.08. The first-order chi connectivity index (χ1) is 6.68. The molecular weight excluding hydrogens is 198 g/mol. The molecule has 1 aliphatic carbocycles. The molecule has 1 saturated carbocycles. The maximum atomic E-state index is 11.8. The molecule has 4 heteroatoms. The highest BCUT2D eigenvalue weighted by atomic mass is 32.2. The maximum absolute atomic E-state index is 11.8. The highest BCUT2D eigenvalue weighted by Gasteiger charge is 2.25.